The van der Waals surface area contributed by atoms with Crippen LogP contribution in [-0.4, -0.2) is 25.9 Å². The molecular weight excluding hydrogens is 322 g/mol. The molecule has 0 amide bonds. The molecule has 0 saturated carbocycles. The highest BCUT2D eigenvalue weighted by Gasteiger charge is 2.22. The molecule has 0 spiro atoms. The minimum absolute atomic E-state index is 0.336. The van der Waals surface area contributed by atoms with Crippen LogP contribution < -0.4 is 4.90 Å². The van der Waals surface area contributed by atoms with Crippen LogP contribution in [0.2, 0.25) is 0 Å². The lowest BCUT2D eigenvalue weighted by molar-refractivity contribution is 0.119. The molecule has 1 aliphatic rings. The Morgan fingerprint density at radius 3 is 1.85 bits per heavy atom. The first-order valence-electron chi connectivity index (χ1n) is 9.09. The van der Waals surface area contributed by atoms with E-state index in [-0.39, 0.29) is 0 Å². The van der Waals surface area contributed by atoms with Gasteiger partial charge in [0.2, 0.25) is 0 Å². The SMILES string of the molecule is c1ccc(N(c2ccccc2)c2ccc(CCOCC3CO3)cc2)cc1. The fraction of sp³-hybridized carbons (Fsp3) is 0.217. The van der Waals surface area contributed by atoms with E-state index in [1.165, 1.54) is 5.56 Å². The van der Waals surface area contributed by atoms with Crippen molar-refractivity contribution in [3.8, 4) is 0 Å². The third kappa shape index (κ3) is 4.31. The first-order valence-corrected chi connectivity index (χ1v) is 9.09. The quantitative estimate of drug-likeness (QED) is 0.419. The van der Waals surface area contributed by atoms with Crippen LogP contribution in [0.25, 0.3) is 0 Å². The molecule has 1 fully saturated rings. The summed E-state index contributed by atoms with van der Waals surface area (Å²) in [5.74, 6) is 0. The average Bonchev–Trinajstić information content (AvgIpc) is 3.53. The van der Waals surface area contributed by atoms with Crippen LogP contribution in [-0.2, 0) is 15.9 Å². The Labute approximate surface area is 154 Å². The topological polar surface area (TPSA) is 25.0 Å². The largest absolute Gasteiger partial charge is 0.378 e. The van der Waals surface area contributed by atoms with Gasteiger partial charge in [0.15, 0.2) is 0 Å². The Bertz CT molecular complexity index is 759. The molecule has 3 aromatic carbocycles. The van der Waals surface area contributed by atoms with Gasteiger partial charge in [-0.1, -0.05) is 48.5 Å². The van der Waals surface area contributed by atoms with Crippen molar-refractivity contribution in [2.24, 2.45) is 0 Å². The summed E-state index contributed by atoms with van der Waals surface area (Å²) in [6, 6.07) is 29.6. The first kappa shape index (κ1) is 16.8. The molecule has 0 aromatic heterocycles. The van der Waals surface area contributed by atoms with Crippen LogP contribution in [0.15, 0.2) is 84.9 Å². The van der Waals surface area contributed by atoms with Gasteiger partial charge in [-0.2, -0.15) is 0 Å². The predicted octanol–water partition coefficient (Wildman–Crippen LogP) is 5.11. The highest BCUT2D eigenvalue weighted by atomic mass is 16.6. The number of hydrogen-bond acceptors (Lipinski definition) is 3. The fourth-order valence-corrected chi connectivity index (χ4v) is 2.98. The van der Waals surface area contributed by atoms with Crippen molar-refractivity contribution in [3.05, 3.63) is 90.5 Å². The molecule has 3 nitrogen and oxygen atoms in total. The van der Waals surface area contributed by atoms with Gasteiger partial charge >= 0.3 is 0 Å². The molecule has 4 rings (SSSR count). The van der Waals surface area contributed by atoms with Crippen molar-refractivity contribution in [3.63, 3.8) is 0 Å². The van der Waals surface area contributed by atoms with Gasteiger partial charge in [-0.05, 0) is 48.4 Å². The summed E-state index contributed by atoms with van der Waals surface area (Å²) in [5.41, 5.74) is 4.74. The standard InChI is InChI=1S/C23H23NO2/c1-3-7-20(8-4-1)24(21-9-5-2-6-10-21)22-13-11-19(12-14-22)15-16-25-17-23-18-26-23/h1-14,23H,15-18H2. The van der Waals surface area contributed by atoms with E-state index in [0.717, 1.165) is 36.7 Å². The van der Waals surface area contributed by atoms with Gasteiger partial charge in [-0.25, -0.2) is 0 Å². The van der Waals surface area contributed by atoms with E-state index in [9.17, 15) is 0 Å². The zero-order chi connectivity index (χ0) is 17.6. The summed E-state index contributed by atoms with van der Waals surface area (Å²) in [5, 5.41) is 0. The number of para-hydroxylation sites is 2. The monoisotopic (exact) mass is 345 g/mol. The van der Waals surface area contributed by atoms with E-state index in [0.29, 0.717) is 12.7 Å². The van der Waals surface area contributed by atoms with Crippen LogP contribution >= 0.6 is 0 Å². The van der Waals surface area contributed by atoms with Gasteiger partial charge in [-0.3, -0.25) is 0 Å². The van der Waals surface area contributed by atoms with Crippen molar-refractivity contribution in [1.29, 1.82) is 0 Å². The highest BCUT2D eigenvalue weighted by molar-refractivity contribution is 5.76. The number of epoxide rings is 1. The minimum Gasteiger partial charge on any atom is -0.378 e. The van der Waals surface area contributed by atoms with Crippen LogP contribution in [0.3, 0.4) is 0 Å². The van der Waals surface area contributed by atoms with Crippen LogP contribution in [0.4, 0.5) is 17.1 Å². The Kier molecular flexibility index (Phi) is 5.29. The van der Waals surface area contributed by atoms with Gasteiger partial charge in [0, 0.05) is 17.1 Å². The Morgan fingerprint density at radius 2 is 1.31 bits per heavy atom. The lowest BCUT2D eigenvalue weighted by Gasteiger charge is -2.25. The number of hydrogen-bond donors (Lipinski definition) is 0. The van der Waals surface area contributed by atoms with Crippen molar-refractivity contribution in [1.82, 2.24) is 0 Å². The van der Waals surface area contributed by atoms with E-state index in [4.69, 9.17) is 9.47 Å². The molecule has 1 unspecified atom stereocenters. The van der Waals surface area contributed by atoms with Gasteiger partial charge in [0.25, 0.3) is 0 Å². The molecule has 0 N–H and O–H groups in total. The number of benzene rings is 3. The minimum atomic E-state index is 0.336. The molecule has 1 atom stereocenters. The van der Waals surface area contributed by atoms with Crippen molar-refractivity contribution < 1.29 is 9.47 Å². The van der Waals surface area contributed by atoms with Gasteiger partial charge in [0.1, 0.15) is 6.10 Å². The van der Waals surface area contributed by atoms with Crippen LogP contribution in [0.5, 0.6) is 0 Å². The smallest absolute Gasteiger partial charge is 0.104 e. The van der Waals surface area contributed by atoms with Crippen molar-refractivity contribution in [2.45, 2.75) is 12.5 Å². The second-order valence-corrected chi connectivity index (χ2v) is 6.45. The van der Waals surface area contributed by atoms with Crippen molar-refractivity contribution >= 4 is 17.1 Å². The van der Waals surface area contributed by atoms with Gasteiger partial charge < -0.3 is 14.4 Å². The molecule has 3 heteroatoms. The third-order valence-electron chi connectivity index (χ3n) is 4.46. The van der Waals surface area contributed by atoms with Crippen LogP contribution in [0.1, 0.15) is 5.56 Å². The van der Waals surface area contributed by atoms with E-state index >= 15 is 0 Å². The lowest BCUT2D eigenvalue weighted by atomic mass is 10.1. The number of anilines is 3. The third-order valence-corrected chi connectivity index (χ3v) is 4.46. The summed E-state index contributed by atoms with van der Waals surface area (Å²) >= 11 is 0. The normalized spacial score (nSPS) is 15.6. The molecule has 0 radical (unpaired) electrons. The number of nitrogens with zero attached hydrogens (tertiary/aromatic N) is 1. The molecule has 26 heavy (non-hydrogen) atoms. The van der Waals surface area contributed by atoms with E-state index in [2.05, 4.69) is 77.7 Å². The zero-order valence-corrected chi connectivity index (χ0v) is 14.8. The number of rotatable bonds is 8. The van der Waals surface area contributed by atoms with Crippen molar-refractivity contribution in [2.75, 3.05) is 24.7 Å². The zero-order valence-electron chi connectivity index (χ0n) is 14.8. The van der Waals surface area contributed by atoms with E-state index < -0.39 is 0 Å². The summed E-state index contributed by atoms with van der Waals surface area (Å²) in [4.78, 5) is 2.27. The summed E-state index contributed by atoms with van der Waals surface area (Å²) in [7, 11) is 0. The Balaban J connectivity index is 1.50. The second-order valence-electron chi connectivity index (χ2n) is 6.45. The predicted molar refractivity (Wildman–Crippen MR) is 105 cm³/mol. The Morgan fingerprint density at radius 1 is 0.769 bits per heavy atom. The molecule has 0 bridgehead atoms. The van der Waals surface area contributed by atoms with E-state index in [1.54, 1.807) is 0 Å². The molecule has 1 saturated heterocycles. The second kappa shape index (κ2) is 8.17. The van der Waals surface area contributed by atoms with Crippen LogP contribution in [0, 0.1) is 0 Å². The molecule has 132 valence electrons. The maximum atomic E-state index is 5.64. The molecular formula is C23H23NO2. The maximum absolute atomic E-state index is 5.64. The summed E-state index contributed by atoms with van der Waals surface area (Å²) < 4.78 is 10.8. The molecule has 1 aliphatic heterocycles. The Hall–Kier alpha value is -2.62. The fourth-order valence-electron chi connectivity index (χ4n) is 2.98. The summed E-state index contributed by atoms with van der Waals surface area (Å²) in [6.45, 7) is 2.30. The maximum Gasteiger partial charge on any atom is 0.104 e. The number of ether oxygens (including phenoxy) is 2. The van der Waals surface area contributed by atoms with Gasteiger partial charge in [-0.15, -0.1) is 0 Å². The average molecular weight is 345 g/mol. The highest BCUT2D eigenvalue weighted by Crippen LogP contribution is 2.34. The molecule has 0 aliphatic carbocycles. The van der Waals surface area contributed by atoms with Gasteiger partial charge in [0.05, 0.1) is 19.8 Å². The molecule has 3 aromatic rings. The van der Waals surface area contributed by atoms with E-state index in [1.807, 2.05) is 12.1 Å². The summed E-state index contributed by atoms with van der Waals surface area (Å²) in [6.07, 6.45) is 1.26. The lowest BCUT2D eigenvalue weighted by Crippen LogP contribution is -2.10. The molecule has 1 heterocycles. The first-order chi connectivity index (χ1) is 12.9.